The summed E-state index contributed by atoms with van der Waals surface area (Å²) >= 11 is 11.8. The molecule has 1 aromatic rings. The summed E-state index contributed by atoms with van der Waals surface area (Å²) in [5, 5.41) is 0.792. The largest absolute Gasteiger partial charge is 0.368 e. The first-order chi connectivity index (χ1) is 11.1. The molecule has 7 heteroatoms. The first-order valence-electron chi connectivity index (χ1n) is 7.71. The molecule has 23 heavy (non-hydrogen) atoms. The fourth-order valence-electron chi connectivity index (χ4n) is 2.92. The minimum absolute atomic E-state index is 0.0455. The molecule has 0 spiro atoms. The number of rotatable bonds is 2. The number of benzene rings is 1. The lowest BCUT2D eigenvalue weighted by Crippen LogP contribution is -2.52. The molecule has 0 aromatic heterocycles. The van der Waals surface area contributed by atoms with Crippen LogP contribution in [0.3, 0.4) is 0 Å². The number of halogens is 2. The van der Waals surface area contributed by atoms with Gasteiger partial charge >= 0.3 is 0 Å². The summed E-state index contributed by atoms with van der Waals surface area (Å²) in [7, 11) is 0. The molecule has 2 aliphatic rings. The lowest BCUT2D eigenvalue weighted by atomic mass is 10.1. The van der Waals surface area contributed by atoms with Gasteiger partial charge in [-0.05, 0) is 31.0 Å². The van der Waals surface area contributed by atoms with Crippen LogP contribution in [-0.2, 0) is 9.53 Å². The number of hydrogen-bond donors (Lipinski definition) is 0. The number of ether oxygens (including phenoxy) is 1. The molecule has 0 saturated carbocycles. The molecule has 2 amide bonds. The Morgan fingerprint density at radius 1 is 1.04 bits per heavy atom. The quantitative estimate of drug-likeness (QED) is 0.817. The van der Waals surface area contributed by atoms with Gasteiger partial charge in [-0.15, -0.1) is 0 Å². The number of carbonyl (C=O) groups is 2. The van der Waals surface area contributed by atoms with E-state index in [1.54, 1.807) is 28.0 Å². The fraction of sp³-hybridized carbons (Fsp3) is 0.500. The van der Waals surface area contributed by atoms with Gasteiger partial charge in [-0.1, -0.05) is 23.2 Å². The van der Waals surface area contributed by atoms with Gasteiger partial charge in [0.1, 0.15) is 6.10 Å². The van der Waals surface area contributed by atoms with Crippen LogP contribution in [0, 0.1) is 0 Å². The van der Waals surface area contributed by atoms with E-state index in [1.807, 2.05) is 0 Å². The van der Waals surface area contributed by atoms with Crippen LogP contribution >= 0.6 is 23.2 Å². The highest BCUT2D eigenvalue weighted by Gasteiger charge is 2.31. The van der Waals surface area contributed by atoms with Crippen LogP contribution in [0.1, 0.15) is 23.2 Å². The van der Waals surface area contributed by atoms with Crippen molar-refractivity contribution in [3.63, 3.8) is 0 Å². The molecule has 2 heterocycles. The Labute approximate surface area is 145 Å². The molecule has 0 bridgehead atoms. The predicted molar refractivity (Wildman–Crippen MR) is 87.9 cm³/mol. The van der Waals surface area contributed by atoms with E-state index in [0.29, 0.717) is 48.4 Å². The molecule has 1 atom stereocenters. The van der Waals surface area contributed by atoms with Gasteiger partial charge < -0.3 is 14.5 Å². The highest BCUT2D eigenvalue weighted by molar-refractivity contribution is 6.42. The molecule has 0 unspecified atom stereocenters. The van der Waals surface area contributed by atoms with Gasteiger partial charge in [-0.2, -0.15) is 0 Å². The Morgan fingerprint density at radius 3 is 2.35 bits per heavy atom. The maximum absolute atomic E-state index is 12.5. The lowest BCUT2D eigenvalue weighted by Gasteiger charge is -2.35. The second-order valence-electron chi connectivity index (χ2n) is 5.75. The first-order valence-corrected chi connectivity index (χ1v) is 8.46. The summed E-state index contributed by atoms with van der Waals surface area (Å²) in [5.74, 6) is -0.0445. The zero-order valence-electron chi connectivity index (χ0n) is 12.6. The van der Waals surface area contributed by atoms with Crippen LogP contribution in [0.25, 0.3) is 0 Å². The normalized spacial score (nSPS) is 21.6. The lowest BCUT2D eigenvalue weighted by molar-refractivity contribution is -0.142. The maximum Gasteiger partial charge on any atom is 0.254 e. The van der Waals surface area contributed by atoms with Crippen molar-refractivity contribution in [1.82, 2.24) is 9.80 Å². The molecular weight excluding hydrogens is 339 g/mol. The highest BCUT2D eigenvalue weighted by atomic mass is 35.5. The van der Waals surface area contributed by atoms with Crippen molar-refractivity contribution in [3.8, 4) is 0 Å². The summed E-state index contributed by atoms with van der Waals surface area (Å²) in [5.41, 5.74) is 0.512. The highest BCUT2D eigenvalue weighted by Crippen LogP contribution is 2.23. The summed E-state index contributed by atoms with van der Waals surface area (Å²) in [4.78, 5) is 28.3. The van der Waals surface area contributed by atoms with E-state index < -0.39 is 0 Å². The Hall–Kier alpha value is -1.30. The Balaban J connectivity index is 1.58. The standard InChI is InChI=1S/C16H18Cl2N2O3/c17-12-4-3-11(10-13(12)18)15(21)19-5-7-20(8-6-19)16(22)14-2-1-9-23-14/h3-4,10,14H,1-2,5-9H2/t14-/m0/s1. The van der Waals surface area contributed by atoms with E-state index >= 15 is 0 Å². The minimum Gasteiger partial charge on any atom is -0.368 e. The van der Waals surface area contributed by atoms with Crippen LogP contribution in [-0.4, -0.2) is 60.5 Å². The van der Waals surface area contributed by atoms with Gasteiger partial charge in [0.05, 0.1) is 10.0 Å². The smallest absolute Gasteiger partial charge is 0.254 e. The van der Waals surface area contributed by atoms with Gasteiger partial charge in [-0.3, -0.25) is 9.59 Å². The van der Waals surface area contributed by atoms with Gasteiger partial charge in [0.15, 0.2) is 0 Å². The first kappa shape index (κ1) is 16.6. The molecule has 0 N–H and O–H groups in total. The van der Waals surface area contributed by atoms with Gasteiger partial charge in [0, 0.05) is 38.3 Å². The molecule has 2 saturated heterocycles. The SMILES string of the molecule is O=C(c1ccc(Cl)c(Cl)c1)N1CCN(C(=O)[C@@H]2CCCO2)CC1. The summed E-state index contributed by atoms with van der Waals surface area (Å²) in [6, 6.07) is 4.87. The van der Waals surface area contributed by atoms with Crippen LogP contribution in [0.2, 0.25) is 10.0 Å². The van der Waals surface area contributed by atoms with Crippen molar-refractivity contribution >= 4 is 35.0 Å². The number of carbonyl (C=O) groups excluding carboxylic acids is 2. The van der Waals surface area contributed by atoms with Crippen LogP contribution in [0.4, 0.5) is 0 Å². The molecule has 5 nitrogen and oxygen atoms in total. The molecular formula is C16H18Cl2N2O3. The monoisotopic (exact) mass is 356 g/mol. The van der Waals surface area contributed by atoms with Gasteiger partial charge in [0.2, 0.25) is 0 Å². The number of amides is 2. The third-order valence-electron chi connectivity index (χ3n) is 4.25. The maximum atomic E-state index is 12.5. The minimum atomic E-state index is -0.299. The molecule has 2 fully saturated rings. The van der Waals surface area contributed by atoms with Crippen molar-refractivity contribution in [2.75, 3.05) is 32.8 Å². The zero-order chi connectivity index (χ0) is 16.4. The predicted octanol–water partition coefficient (Wildman–Crippen LogP) is 2.46. The van der Waals surface area contributed by atoms with Crippen molar-refractivity contribution in [2.45, 2.75) is 18.9 Å². The molecule has 3 rings (SSSR count). The van der Waals surface area contributed by atoms with Crippen molar-refractivity contribution < 1.29 is 14.3 Å². The van der Waals surface area contributed by atoms with E-state index in [2.05, 4.69) is 0 Å². The second-order valence-corrected chi connectivity index (χ2v) is 6.56. The van der Waals surface area contributed by atoms with Gasteiger partial charge in [-0.25, -0.2) is 0 Å². The topological polar surface area (TPSA) is 49.9 Å². The third-order valence-corrected chi connectivity index (χ3v) is 4.99. The summed E-state index contributed by atoms with van der Waals surface area (Å²) < 4.78 is 5.44. The summed E-state index contributed by atoms with van der Waals surface area (Å²) in [6.07, 6.45) is 1.43. The second kappa shape index (κ2) is 7.07. The summed E-state index contributed by atoms with van der Waals surface area (Å²) in [6.45, 7) is 2.75. The fourth-order valence-corrected chi connectivity index (χ4v) is 3.22. The number of nitrogens with zero attached hydrogens (tertiary/aromatic N) is 2. The van der Waals surface area contributed by atoms with E-state index in [4.69, 9.17) is 27.9 Å². The van der Waals surface area contributed by atoms with E-state index in [-0.39, 0.29) is 17.9 Å². The molecule has 0 aliphatic carbocycles. The van der Waals surface area contributed by atoms with E-state index in [9.17, 15) is 9.59 Å². The molecule has 124 valence electrons. The van der Waals surface area contributed by atoms with Crippen LogP contribution in [0.5, 0.6) is 0 Å². The zero-order valence-corrected chi connectivity index (χ0v) is 14.1. The Bertz CT molecular complexity index is 609. The average Bonchev–Trinajstić information content (AvgIpc) is 3.11. The van der Waals surface area contributed by atoms with E-state index in [1.165, 1.54) is 0 Å². The van der Waals surface area contributed by atoms with Crippen LogP contribution in [0.15, 0.2) is 18.2 Å². The number of piperazine rings is 1. The van der Waals surface area contributed by atoms with Gasteiger partial charge in [0.25, 0.3) is 11.8 Å². The Kier molecular flexibility index (Phi) is 5.09. The van der Waals surface area contributed by atoms with Crippen molar-refractivity contribution in [3.05, 3.63) is 33.8 Å². The molecule has 1 aromatic carbocycles. The van der Waals surface area contributed by atoms with Crippen molar-refractivity contribution in [2.24, 2.45) is 0 Å². The third kappa shape index (κ3) is 3.62. The van der Waals surface area contributed by atoms with E-state index in [0.717, 1.165) is 12.8 Å². The molecule has 0 radical (unpaired) electrons. The average molecular weight is 357 g/mol. The van der Waals surface area contributed by atoms with Crippen LogP contribution < -0.4 is 0 Å². The van der Waals surface area contributed by atoms with Crippen molar-refractivity contribution in [1.29, 1.82) is 0 Å². The number of hydrogen-bond acceptors (Lipinski definition) is 3. The molecule has 2 aliphatic heterocycles. The Morgan fingerprint density at radius 2 is 1.74 bits per heavy atom.